The average molecular weight is 1060 g/mol. The van der Waals surface area contributed by atoms with Gasteiger partial charge in [0, 0.05) is 23.8 Å². The Bertz CT molecular complexity index is 1560. The first-order chi connectivity index (χ1) is 33.3. The highest BCUT2D eigenvalue weighted by atomic mass is 32.2. The number of unbranched alkanes of at least 4 members (excludes halogenated alkanes) is 17. The summed E-state index contributed by atoms with van der Waals surface area (Å²) in [6.07, 6.45) is 35.7. The number of aliphatic hydroxyl groups excluding tert-OH is 2. The number of carboxylic acids is 1. The number of phosphoric ester groups is 2. The number of aliphatic hydroxyl groups is 2. The van der Waals surface area contributed by atoms with Gasteiger partial charge in [-0.05, 0) is 44.4 Å². The molecule has 0 radical (unpaired) electrons. The highest BCUT2D eigenvalue weighted by Gasteiger charge is 2.29. The zero-order chi connectivity index (χ0) is 52.3. The van der Waals surface area contributed by atoms with Gasteiger partial charge in [-0.1, -0.05) is 179 Å². The number of thioether (sulfide) groups is 1. The number of carbonyl (C=O) groups excluding carboxylic acids is 2. The maximum Gasteiger partial charge on any atom is 0.472 e. The molecule has 408 valence electrons. The molecule has 20 heteroatoms. The maximum absolute atomic E-state index is 13.1. The van der Waals surface area contributed by atoms with E-state index in [-0.39, 0.29) is 31.4 Å². The van der Waals surface area contributed by atoms with Crippen molar-refractivity contribution in [2.45, 2.75) is 211 Å². The molecule has 0 rings (SSSR count). The average Bonchev–Trinajstić information content (AvgIpc) is 3.30. The van der Waals surface area contributed by atoms with Crippen molar-refractivity contribution in [2.75, 3.05) is 32.2 Å². The van der Waals surface area contributed by atoms with Crippen LogP contribution >= 0.6 is 27.4 Å². The number of nitrogens with two attached hydrogens (primary N) is 1. The summed E-state index contributed by atoms with van der Waals surface area (Å²) >= 11 is 1.16. The lowest BCUT2D eigenvalue weighted by Crippen LogP contribution is -2.38. The predicted molar refractivity (Wildman–Crippen MR) is 277 cm³/mol. The molecular weight excluding hydrogens is 965 g/mol. The summed E-state index contributed by atoms with van der Waals surface area (Å²) in [5.41, 5.74) is 6.17. The van der Waals surface area contributed by atoms with E-state index in [4.69, 9.17) is 39.1 Å². The second-order valence-corrected chi connectivity index (χ2v) is 22.0. The van der Waals surface area contributed by atoms with Crippen LogP contribution in [-0.2, 0) is 46.6 Å². The first kappa shape index (κ1) is 67.8. The quantitative estimate of drug-likeness (QED) is 0.00980. The number of carbonyl (C=O) groups is 3. The third-order valence-corrected chi connectivity index (χ3v) is 13.7. The van der Waals surface area contributed by atoms with E-state index in [9.17, 15) is 38.6 Å². The summed E-state index contributed by atoms with van der Waals surface area (Å²) < 4.78 is 48.1. The van der Waals surface area contributed by atoms with E-state index in [1.807, 2.05) is 18.2 Å². The first-order valence-electron chi connectivity index (χ1n) is 25.6. The topological polar surface area (TPSA) is 279 Å². The smallest absolute Gasteiger partial charge is 0.472 e. The molecule has 0 spiro atoms. The van der Waals surface area contributed by atoms with E-state index in [0.717, 1.165) is 56.2 Å². The van der Waals surface area contributed by atoms with Crippen molar-refractivity contribution in [1.82, 2.24) is 0 Å². The van der Waals surface area contributed by atoms with Crippen molar-refractivity contribution in [2.24, 2.45) is 11.7 Å². The number of esters is 2. The first-order valence-corrected chi connectivity index (χ1v) is 29.7. The summed E-state index contributed by atoms with van der Waals surface area (Å²) in [4.78, 5) is 64.8. The van der Waals surface area contributed by atoms with Crippen molar-refractivity contribution < 1.29 is 76.6 Å². The SMILES string of the molecule is CCCCC/C=C\C\C=C/C=C/C=C/[C@@H](SC[C@H](N)C(=O)OC[C@H](COP(=O)(O)OC[C@@H](O)COP(=O)(O)O)OC(=O)CCCCCCCCCCCCCCCCCC(C)C)[C@@H](O)CCCC(=O)O. The van der Waals surface area contributed by atoms with Gasteiger partial charge in [-0.2, -0.15) is 0 Å². The number of rotatable bonds is 48. The summed E-state index contributed by atoms with van der Waals surface area (Å²) in [7, 11) is -9.87. The minimum absolute atomic E-state index is 0.0222. The lowest BCUT2D eigenvalue weighted by molar-refractivity contribution is -0.161. The van der Waals surface area contributed by atoms with Crippen LogP contribution in [0.5, 0.6) is 0 Å². The van der Waals surface area contributed by atoms with Gasteiger partial charge in [0.25, 0.3) is 0 Å². The number of aliphatic carboxylic acids is 1. The van der Waals surface area contributed by atoms with Crippen LogP contribution in [-0.4, -0.2) is 110 Å². The fraction of sp³-hybridized carbons (Fsp3) is 0.780. The molecule has 0 aliphatic carbocycles. The molecule has 0 amide bonds. The lowest BCUT2D eigenvalue weighted by Gasteiger charge is -2.22. The molecule has 0 aromatic rings. The van der Waals surface area contributed by atoms with Gasteiger partial charge >= 0.3 is 33.6 Å². The molecule has 1 unspecified atom stereocenters. The van der Waals surface area contributed by atoms with Crippen LogP contribution in [0.25, 0.3) is 0 Å². The Kier molecular flexibility index (Phi) is 42.9. The Hall–Kier alpha value is -2.18. The number of allylic oxidation sites excluding steroid dienone is 7. The monoisotopic (exact) mass is 1060 g/mol. The van der Waals surface area contributed by atoms with Crippen LogP contribution < -0.4 is 5.73 Å². The zero-order valence-electron chi connectivity index (χ0n) is 42.4. The van der Waals surface area contributed by atoms with E-state index in [1.165, 1.54) is 89.9 Å². The van der Waals surface area contributed by atoms with E-state index < -0.39 is 89.6 Å². The summed E-state index contributed by atoms with van der Waals surface area (Å²) in [6.45, 7) is 3.51. The van der Waals surface area contributed by atoms with Crippen LogP contribution in [0, 0.1) is 5.92 Å². The largest absolute Gasteiger partial charge is 0.481 e. The summed E-state index contributed by atoms with van der Waals surface area (Å²) in [6, 6.07) is -1.22. The van der Waals surface area contributed by atoms with Crippen molar-refractivity contribution in [1.29, 1.82) is 0 Å². The number of carboxylic acid groups (broad SMARTS) is 1. The number of hydrogen-bond donors (Lipinski definition) is 7. The normalized spacial score (nSPS) is 15.5. The molecule has 0 aromatic heterocycles. The molecule has 0 saturated heterocycles. The third kappa shape index (κ3) is 45.7. The second kappa shape index (κ2) is 44.3. The van der Waals surface area contributed by atoms with E-state index >= 15 is 0 Å². The predicted octanol–water partition coefficient (Wildman–Crippen LogP) is 10.6. The number of hydrogen-bond acceptors (Lipinski definition) is 14. The number of phosphoric acid groups is 2. The van der Waals surface area contributed by atoms with Crippen molar-refractivity contribution in [3.8, 4) is 0 Å². The highest BCUT2D eigenvalue weighted by Crippen LogP contribution is 2.44. The molecule has 0 aliphatic rings. The van der Waals surface area contributed by atoms with Gasteiger partial charge < -0.3 is 45.2 Å². The van der Waals surface area contributed by atoms with Crippen molar-refractivity contribution in [3.05, 3.63) is 48.6 Å². The molecule has 8 N–H and O–H groups in total. The molecular formula is C50H91NO16P2S. The molecule has 70 heavy (non-hydrogen) atoms. The summed E-state index contributed by atoms with van der Waals surface area (Å²) in [5.74, 6) is -1.78. The molecule has 0 saturated carbocycles. The Morgan fingerprint density at radius 2 is 1.21 bits per heavy atom. The Labute approximate surface area is 423 Å². The van der Waals surface area contributed by atoms with Gasteiger partial charge in [0.2, 0.25) is 0 Å². The van der Waals surface area contributed by atoms with Crippen molar-refractivity contribution in [3.63, 3.8) is 0 Å². The Morgan fingerprint density at radius 1 is 0.643 bits per heavy atom. The molecule has 0 aliphatic heterocycles. The molecule has 6 atom stereocenters. The Balaban J connectivity index is 5.22. The lowest BCUT2D eigenvalue weighted by atomic mass is 10.0. The van der Waals surface area contributed by atoms with Crippen molar-refractivity contribution >= 4 is 45.3 Å². The minimum Gasteiger partial charge on any atom is -0.481 e. The van der Waals surface area contributed by atoms with Gasteiger partial charge in [0.05, 0.1) is 25.9 Å². The van der Waals surface area contributed by atoms with Gasteiger partial charge in [-0.15, -0.1) is 11.8 Å². The van der Waals surface area contributed by atoms with Crippen LogP contribution in [0.4, 0.5) is 0 Å². The molecule has 0 aromatic carbocycles. The highest BCUT2D eigenvalue weighted by molar-refractivity contribution is 8.00. The zero-order valence-corrected chi connectivity index (χ0v) is 45.0. The maximum atomic E-state index is 13.1. The van der Waals surface area contributed by atoms with Crippen LogP contribution in [0.15, 0.2) is 48.6 Å². The van der Waals surface area contributed by atoms with Crippen LogP contribution in [0.2, 0.25) is 0 Å². The molecule has 0 heterocycles. The summed E-state index contributed by atoms with van der Waals surface area (Å²) in [5, 5.41) is 29.3. The van der Waals surface area contributed by atoms with E-state index in [2.05, 4.69) is 37.4 Å². The molecule has 17 nitrogen and oxygen atoms in total. The Morgan fingerprint density at radius 3 is 1.80 bits per heavy atom. The van der Waals surface area contributed by atoms with E-state index in [0.29, 0.717) is 6.42 Å². The van der Waals surface area contributed by atoms with Crippen LogP contribution in [0.3, 0.4) is 0 Å². The van der Waals surface area contributed by atoms with Gasteiger partial charge in [0.1, 0.15) is 18.8 Å². The minimum atomic E-state index is -4.95. The van der Waals surface area contributed by atoms with Gasteiger partial charge in [-0.3, -0.25) is 28.0 Å². The van der Waals surface area contributed by atoms with Gasteiger partial charge in [0.15, 0.2) is 6.10 Å². The second-order valence-electron chi connectivity index (χ2n) is 18.1. The van der Waals surface area contributed by atoms with E-state index in [1.54, 1.807) is 18.2 Å². The number of ether oxygens (including phenoxy) is 2. The standard InChI is InChI=1S/C50H91NO16P2S/c1-4-5-6-7-8-9-10-17-20-23-26-29-34-47(46(53)33-31-35-48(54)55)70-41-45(51)50(57)63-39-44(40-66-69(61,62)65-38-43(52)37-64-68(58,59)60)67-49(56)36-30-27-24-21-18-15-13-11-12-14-16-19-22-25-28-32-42(2)3/h8-9,17,20,23,26,29,34,42-47,52-53H,4-7,10-16,18-19,21-22,24-25,27-28,30-33,35-41,51H2,1-3H3,(H,54,55)(H,61,62)(H2,58,59,60)/b9-8-,20-17-,26-23+,34-29+/t43-,44+,45-,46-,47+/m0/s1. The fourth-order valence-electron chi connectivity index (χ4n) is 6.86. The van der Waals surface area contributed by atoms with Gasteiger partial charge in [-0.25, -0.2) is 9.13 Å². The van der Waals surface area contributed by atoms with Crippen LogP contribution in [0.1, 0.15) is 181 Å². The fourth-order valence-corrected chi connectivity index (χ4v) is 9.14. The molecule has 0 fully saturated rings. The molecule has 0 bridgehead atoms. The third-order valence-electron chi connectivity index (χ3n) is 10.9.